The molecule has 6 nitrogen and oxygen atoms in total. The van der Waals surface area contributed by atoms with Crippen LogP contribution in [0.15, 0.2) is 42.5 Å². The first-order valence-corrected chi connectivity index (χ1v) is 8.07. The first-order chi connectivity index (χ1) is 12.1. The van der Waals surface area contributed by atoms with Gasteiger partial charge in [0, 0.05) is 24.7 Å². The molecule has 130 valence electrons. The Morgan fingerprint density at radius 3 is 2.52 bits per heavy atom. The van der Waals surface area contributed by atoms with E-state index < -0.39 is 0 Å². The minimum Gasteiger partial charge on any atom is -0.493 e. The van der Waals surface area contributed by atoms with E-state index in [1.807, 2.05) is 6.07 Å². The predicted octanol–water partition coefficient (Wildman–Crippen LogP) is 3.08. The monoisotopic (exact) mass is 340 g/mol. The van der Waals surface area contributed by atoms with E-state index in [0.29, 0.717) is 41.4 Å². The lowest BCUT2D eigenvalue weighted by Gasteiger charge is -2.19. The summed E-state index contributed by atoms with van der Waals surface area (Å²) in [4.78, 5) is 26.4. The summed E-state index contributed by atoms with van der Waals surface area (Å²) in [7, 11) is 3.09. The number of hydrogen-bond donors (Lipinski definition) is 1. The van der Waals surface area contributed by atoms with E-state index in [1.165, 1.54) is 7.11 Å². The number of ether oxygens (including phenoxy) is 2. The Kier molecular flexibility index (Phi) is 4.88. The Labute approximate surface area is 146 Å². The Morgan fingerprint density at radius 2 is 1.84 bits per heavy atom. The largest absolute Gasteiger partial charge is 0.493 e. The molecule has 0 spiro atoms. The van der Waals surface area contributed by atoms with E-state index in [0.717, 1.165) is 6.42 Å². The van der Waals surface area contributed by atoms with Crippen molar-refractivity contribution in [3.05, 3.63) is 48.0 Å². The van der Waals surface area contributed by atoms with E-state index in [1.54, 1.807) is 48.4 Å². The first kappa shape index (κ1) is 16.8. The maximum atomic E-state index is 12.7. The second-order valence-electron chi connectivity index (χ2n) is 5.69. The number of para-hydroxylation sites is 1. The summed E-state index contributed by atoms with van der Waals surface area (Å²) in [6, 6.07) is 12.3. The number of anilines is 2. The molecule has 1 aliphatic heterocycles. The van der Waals surface area contributed by atoms with E-state index >= 15 is 0 Å². The molecular weight excluding hydrogens is 320 g/mol. The summed E-state index contributed by atoms with van der Waals surface area (Å²) in [5.74, 6) is 0.890. The van der Waals surface area contributed by atoms with Gasteiger partial charge in [0.2, 0.25) is 5.91 Å². The Morgan fingerprint density at radius 1 is 1.08 bits per heavy atom. The van der Waals surface area contributed by atoms with Crippen LogP contribution in [0.25, 0.3) is 0 Å². The molecule has 3 rings (SSSR count). The zero-order valence-electron chi connectivity index (χ0n) is 14.2. The van der Waals surface area contributed by atoms with Gasteiger partial charge in [-0.25, -0.2) is 0 Å². The third kappa shape index (κ3) is 3.42. The SMILES string of the molecule is COc1ccc(NC(=O)c2ccccc2N2CCCC2=O)cc1OC. The van der Waals surface area contributed by atoms with E-state index in [2.05, 4.69) is 5.32 Å². The standard InChI is InChI=1S/C19H20N2O4/c1-24-16-10-9-13(12-17(16)25-2)20-19(23)14-6-3-4-7-15(14)21-11-5-8-18(21)22/h3-4,6-7,9-10,12H,5,8,11H2,1-2H3,(H,20,23). The predicted molar refractivity (Wildman–Crippen MR) is 95.5 cm³/mol. The highest BCUT2D eigenvalue weighted by molar-refractivity contribution is 6.11. The van der Waals surface area contributed by atoms with Gasteiger partial charge in [0.05, 0.1) is 25.5 Å². The molecule has 1 fully saturated rings. The van der Waals surface area contributed by atoms with E-state index in [9.17, 15) is 9.59 Å². The van der Waals surface area contributed by atoms with Gasteiger partial charge in [-0.15, -0.1) is 0 Å². The van der Waals surface area contributed by atoms with Gasteiger partial charge in [0.1, 0.15) is 0 Å². The molecule has 1 saturated heterocycles. The second kappa shape index (κ2) is 7.25. The third-order valence-corrected chi connectivity index (χ3v) is 4.15. The number of carbonyl (C=O) groups is 2. The van der Waals surface area contributed by atoms with Crippen LogP contribution in [0.1, 0.15) is 23.2 Å². The van der Waals surface area contributed by atoms with E-state index in [-0.39, 0.29) is 11.8 Å². The molecule has 6 heteroatoms. The molecule has 0 aliphatic carbocycles. The van der Waals surface area contributed by atoms with Gasteiger partial charge < -0.3 is 19.7 Å². The van der Waals surface area contributed by atoms with Crippen LogP contribution in [0.2, 0.25) is 0 Å². The molecule has 0 radical (unpaired) electrons. The highest BCUT2D eigenvalue weighted by Crippen LogP contribution is 2.31. The lowest BCUT2D eigenvalue weighted by Crippen LogP contribution is -2.27. The maximum absolute atomic E-state index is 12.7. The summed E-state index contributed by atoms with van der Waals surface area (Å²) in [6.45, 7) is 0.638. The average molecular weight is 340 g/mol. The normalized spacial score (nSPS) is 13.7. The molecule has 2 aromatic carbocycles. The van der Waals surface area contributed by atoms with Gasteiger partial charge in [-0.3, -0.25) is 9.59 Å². The number of benzene rings is 2. The number of methoxy groups -OCH3 is 2. The van der Waals surface area contributed by atoms with Gasteiger partial charge >= 0.3 is 0 Å². The van der Waals surface area contributed by atoms with E-state index in [4.69, 9.17) is 9.47 Å². The highest BCUT2D eigenvalue weighted by Gasteiger charge is 2.25. The number of nitrogens with one attached hydrogen (secondary N) is 1. The summed E-state index contributed by atoms with van der Waals surface area (Å²) >= 11 is 0. The number of carbonyl (C=O) groups excluding carboxylic acids is 2. The molecule has 0 atom stereocenters. The third-order valence-electron chi connectivity index (χ3n) is 4.15. The molecule has 2 aromatic rings. The van der Waals surface area contributed by atoms with Crippen LogP contribution >= 0.6 is 0 Å². The van der Waals surface area contributed by atoms with Crippen LogP contribution < -0.4 is 19.7 Å². The quantitative estimate of drug-likeness (QED) is 0.908. The fraction of sp³-hybridized carbons (Fsp3) is 0.263. The smallest absolute Gasteiger partial charge is 0.257 e. The number of nitrogens with zero attached hydrogens (tertiary/aromatic N) is 1. The Hall–Kier alpha value is -3.02. The summed E-state index contributed by atoms with van der Waals surface area (Å²) < 4.78 is 10.5. The summed E-state index contributed by atoms with van der Waals surface area (Å²) in [5, 5.41) is 2.85. The number of amides is 2. The molecule has 0 bridgehead atoms. The van der Waals surface area contributed by atoms with Crippen molar-refractivity contribution in [2.24, 2.45) is 0 Å². The van der Waals surface area contributed by atoms with Gasteiger partial charge in [0.15, 0.2) is 11.5 Å². The van der Waals surface area contributed by atoms with Crippen LogP contribution in [0.5, 0.6) is 11.5 Å². The molecule has 1 aliphatic rings. The van der Waals surface area contributed by atoms with Gasteiger partial charge in [0.25, 0.3) is 5.91 Å². The van der Waals surface area contributed by atoms with Crippen LogP contribution in [-0.2, 0) is 4.79 Å². The molecule has 1 heterocycles. The average Bonchev–Trinajstić information content (AvgIpc) is 3.07. The molecule has 1 N–H and O–H groups in total. The van der Waals surface area contributed by atoms with Crippen molar-refractivity contribution in [2.75, 3.05) is 31.0 Å². The maximum Gasteiger partial charge on any atom is 0.257 e. The van der Waals surface area contributed by atoms with Crippen molar-refractivity contribution in [1.29, 1.82) is 0 Å². The van der Waals surface area contributed by atoms with Crippen LogP contribution in [-0.4, -0.2) is 32.6 Å². The zero-order chi connectivity index (χ0) is 17.8. The Bertz CT molecular complexity index is 804. The van der Waals surface area contributed by atoms with Crippen molar-refractivity contribution >= 4 is 23.2 Å². The van der Waals surface area contributed by atoms with Gasteiger partial charge in [-0.1, -0.05) is 12.1 Å². The first-order valence-electron chi connectivity index (χ1n) is 8.07. The molecule has 0 aromatic heterocycles. The molecular formula is C19H20N2O4. The fourth-order valence-electron chi connectivity index (χ4n) is 2.92. The zero-order valence-corrected chi connectivity index (χ0v) is 14.2. The highest BCUT2D eigenvalue weighted by atomic mass is 16.5. The molecule has 25 heavy (non-hydrogen) atoms. The number of hydrogen-bond acceptors (Lipinski definition) is 4. The van der Waals surface area contributed by atoms with Crippen LogP contribution in [0.4, 0.5) is 11.4 Å². The molecule has 2 amide bonds. The minimum atomic E-state index is -0.275. The van der Waals surface area contributed by atoms with Gasteiger partial charge in [-0.2, -0.15) is 0 Å². The van der Waals surface area contributed by atoms with Crippen molar-refractivity contribution in [1.82, 2.24) is 0 Å². The summed E-state index contributed by atoms with van der Waals surface area (Å²) in [5.41, 5.74) is 1.70. The fourth-order valence-corrected chi connectivity index (χ4v) is 2.92. The molecule has 0 unspecified atom stereocenters. The van der Waals surface area contributed by atoms with Crippen molar-refractivity contribution < 1.29 is 19.1 Å². The van der Waals surface area contributed by atoms with Crippen molar-refractivity contribution in [3.63, 3.8) is 0 Å². The Balaban J connectivity index is 1.86. The van der Waals surface area contributed by atoms with Crippen molar-refractivity contribution in [2.45, 2.75) is 12.8 Å². The summed E-state index contributed by atoms with van der Waals surface area (Å²) in [6.07, 6.45) is 1.33. The van der Waals surface area contributed by atoms with Gasteiger partial charge in [-0.05, 0) is 30.7 Å². The minimum absolute atomic E-state index is 0.0476. The second-order valence-corrected chi connectivity index (χ2v) is 5.69. The number of rotatable bonds is 5. The van der Waals surface area contributed by atoms with Crippen molar-refractivity contribution in [3.8, 4) is 11.5 Å². The lowest BCUT2D eigenvalue weighted by molar-refractivity contribution is -0.117. The topological polar surface area (TPSA) is 67.9 Å². The lowest BCUT2D eigenvalue weighted by atomic mass is 10.1. The van der Waals surface area contributed by atoms with Crippen LogP contribution in [0, 0.1) is 0 Å². The van der Waals surface area contributed by atoms with Crippen LogP contribution in [0.3, 0.4) is 0 Å². The molecule has 0 saturated carbocycles.